The van der Waals surface area contributed by atoms with E-state index in [1.165, 1.54) is 5.56 Å². The molecular weight excluding hydrogens is 385 g/mol. The molecule has 20 heavy (non-hydrogen) atoms. The molecule has 0 aromatic carbocycles. The van der Waals surface area contributed by atoms with Crippen LogP contribution in [0.25, 0.3) is 0 Å². The summed E-state index contributed by atoms with van der Waals surface area (Å²) in [5, 5.41) is 10.8. The van der Waals surface area contributed by atoms with Crippen molar-refractivity contribution in [2.45, 2.75) is 26.8 Å². The summed E-state index contributed by atoms with van der Waals surface area (Å²) in [4.78, 5) is 4.19. The van der Waals surface area contributed by atoms with Gasteiger partial charge in [0, 0.05) is 33.4 Å². The fourth-order valence-corrected chi connectivity index (χ4v) is 2.17. The van der Waals surface area contributed by atoms with Crippen molar-refractivity contribution in [3.05, 3.63) is 22.4 Å². The first-order valence-electron chi connectivity index (χ1n) is 6.75. The molecule has 0 spiro atoms. The van der Waals surface area contributed by atoms with Crippen molar-refractivity contribution >= 4 is 41.3 Å². The number of nitrogens with zero attached hydrogens (tertiary/aromatic N) is 1. The van der Waals surface area contributed by atoms with Crippen molar-refractivity contribution in [1.82, 2.24) is 10.6 Å². The van der Waals surface area contributed by atoms with Gasteiger partial charge in [0.1, 0.15) is 0 Å². The summed E-state index contributed by atoms with van der Waals surface area (Å²) in [7, 11) is 1.79. The highest BCUT2D eigenvalue weighted by molar-refractivity contribution is 14.0. The molecule has 0 unspecified atom stereocenters. The standard InChI is InChI=1S/C14H25N3OS.HI/c1-12(2)10-18-7-4-6-16-14(15-3)17-9-13-5-8-19-11-13;/h5,8,11-12H,4,6-7,9-10H2,1-3H3,(H2,15,16,17);1H. The smallest absolute Gasteiger partial charge is 0.191 e. The molecule has 0 aliphatic heterocycles. The number of halogens is 1. The van der Waals surface area contributed by atoms with Crippen molar-refractivity contribution in [3.63, 3.8) is 0 Å². The zero-order valence-electron chi connectivity index (χ0n) is 12.5. The lowest BCUT2D eigenvalue weighted by Crippen LogP contribution is -2.37. The Bertz CT molecular complexity index is 355. The molecule has 0 saturated heterocycles. The molecule has 0 bridgehead atoms. The number of hydrogen-bond acceptors (Lipinski definition) is 3. The van der Waals surface area contributed by atoms with Crippen LogP contribution in [0.5, 0.6) is 0 Å². The second-order valence-corrected chi connectivity index (χ2v) is 5.59. The average Bonchev–Trinajstić information content (AvgIpc) is 2.90. The normalized spacial score (nSPS) is 11.3. The minimum Gasteiger partial charge on any atom is -0.381 e. The molecule has 0 aliphatic rings. The maximum atomic E-state index is 5.53. The molecule has 1 aromatic heterocycles. The van der Waals surface area contributed by atoms with Crippen molar-refractivity contribution in [1.29, 1.82) is 0 Å². The van der Waals surface area contributed by atoms with Crippen molar-refractivity contribution in [3.8, 4) is 0 Å². The third-order valence-corrected chi connectivity index (χ3v) is 3.20. The minimum absolute atomic E-state index is 0. The highest BCUT2D eigenvalue weighted by atomic mass is 127. The van der Waals surface area contributed by atoms with E-state index in [1.807, 2.05) is 0 Å². The van der Waals surface area contributed by atoms with Crippen LogP contribution in [0.3, 0.4) is 0 Å². The van der Waals surface area contributed by atoms with Crippen LogP contribution in [0, 0.1) is 5.92 Å². The van der Waals surface area contributed by atoms with Gasteiger partial charge in [-0.1, -0.05) is 13.8 Å². The first-order chi connectivity index (χ1) is 9.22. The first kappa shape index (κ1) is 19.7. The Morgan fingerprint density at radius 2 is 2.20 bits per heavy atom. The predicted octanol–water partition coefficient (Wildman–Crippen LogP) is 3.09. The molecule has 0 aliphatic carbocycles. The summed E-state index contributed by atoms with van der Waals surface area (Å²) in [6.07, 6.45) is 0.992. The number of aliphatic imine (C=N–C) groups is 1. The Morgan fingerprint density at radius 3 is 2.80 bits per heavy atom. The molecule has 1 heterocycles. The second kappa shape index (κ2) is 12.4. The molecule has 2 N–H and O–H groups in total. The molecule has 1 rings (SSSR count). The van der Waals surface area contributed by atoms with Gasteiger partial charge in [-0.3, -0.25) is 4.99 Å². The predicted molar refractivity (Wildman–Crippen MR) is 98.2 cm³/mol. The maximum Gasteiger partial charge on any atom is 0.191 e. The highest BCUT2D eigenvalue weighted by Crippen LogP contribution is 2.04. The van der Waals surface area contributed by atoms with Gasteiger partial charge in [-0.15, -0.1) is 24.0 Å². The van der Waals surface area contributed by atoms with E-state index in [-0.39, 0.29) is 24.0 Å². The SMILES string of the molecule is CN=C(NCCCOCC(C)C)NCc1ccsc1.I. The summed E-state index contributed by atoms with van der Waals surface area (Å²) in [5.41, 5.74) is 1.29. The van der Waals surface area contributed by atoms with Crippen LogP contribution in [-0.4, -0.2) is 32.8 Å². The molecule has 0 amide bonds. The van der Waals surface area contributed by atoms with E-state index >= 15 is 0 Å². The van der Waals surface area contributed by atoms with Crippen LogP contribution in [0.15, 0.2) is 21.8 Å². The number of nitrogens with one attached hydrogen (secondary N) is 2. The van der Waals surface area contributed by atoms with E-state index in [9.17, 15) is 0 Å². The van der Waals surface area contributed by atoms with Crippen LogP contribution >= 0.6 is 35.3 Å². The molecule has 6 heteroatoms. The Morgan fingerprint density at radius 1 is 1.40 bits per heavy atom. The lowest BCUT2D eigenvalue weighted by molar-refractivity contribution is 0.108. The Hall–Kier alpha value is -0.340. The fourth-order valence-electron chi connectivity index (χ4n) is 1.50. The Kier molecular flexibility index (Phi) is 12.2. The second-order valence-electron chi connectivity index (χ2n) is 4.81. The summed E-state index contributed by atoms with van der Waals surface area (Å²) in [6, 6.07) is 2.12. The molecule has 1 aromatic rings. The van der Waals surface area contributed by atoms with Crippen molar-refractivity contribution < 1.29 is 4.74 Å². The molecule has 0 atom stereocenters. The van der Waals surface area contributed by atoms with E-state index < -0.39 is 0 Å². The van der Waals surface area contributed by atoms with Gasteiger partial charge in [0.15, 0.2) is 5.96 Å². The average molecular weight is 411 g/mol. The summed E-state index contributed by atoms with van der Waals surface area (Å²) >= 11 is 1.71. The summed E-state index contributed by atoms with van der Waals surface area (Å²) in [6.45, 7) is 7.65. The van der Waals surface area contributed by atoms with E-state index in [0.717, 1.165) is 38.7 Å². The molecule has 116 valence electrons. The van der Waals surface area contributed by atoms with Gasteiger partial charge in [0.2, 0.25) is 0 Å². The lowest BCUT2D eigenvalue weighted by atomic mass is 10.2. The van der Waals surface area contributed by atoms with Gasteiger partial charge in [-0.05, 0) is 34.7 Å². The number of ether oxygens (including phenoxy) is 1. The molecule has 0 radical (unpaired) electrons. The number of guanidine groups is 1. The van der Waals surface area contributed by atoms with Crippen LogP contribution in [0.1, 0.15) is 25.8 Å². The van der Waals surface area contributed by atoms with Gasteiger partial charge >= 0.3 is 0 Å². The zero-order chi connectivity index (χ0) is 13.9. The Balaban J connectivity index is 0.00000361. The highest BCUT2D eigenvalue weighted by Gasteiger charge is 1.98. The largest absolute Gasteiger partial charge is 0.381 e. The number of rotatable bonds is 8. The third-order valence-electron chi connectivity index (χ3n) is 2.47. The van der Waals surface area contributed by atoms with E-state index in [1.54, 1.807) is 18.4 Å². The number of hydrogen-bond donors (Lipinski definition) is 2. The maximum absolute atomic E-state index is 5.53. The topological polar surface area (TPSA) is 45.7 Å². The van der Waals surface area contributed by atoms with Crippen LogP contribution < -0.4 is 10.6 Å². The molecular formula is C14H26IN3OS. The number of thiophene rings is 1. The van der Waals surface area contributed by atoms with Crippen LogP contribution in [-0.2, 0) is 11.3 Å². The van der Waals surface area contributed by atoms with Crippen molar-refractivity contribution in [2.24, 2.45) is 10.9 Å². The molecule has 0 saturated carbocycles. The van der Waals surface area contributed by atoms with Crippen LogP contribution in [0.4, 0.5) is 0 Å². The zero-order valence-corrected chi connectivity index (χ0v) is 15.7. The van der Waals surface area contributed by atoms with Gasteiger partial charge in [0.25, 0.3) is 0 Å². The fraction of sp³-hybridized carbons (Fsp3) is 0.643. The Labute approximate surface area is 143 Å². The van der Waals surface area contributed by atoms with Crippen molar-refractivity contribution in [2.75, 3.05) is 26.8 Å². The minimum atomic E-state index is 0. The van der Waals surface area contributed by atoms with E-state index in [2.05, 4.69) is 46.3 Å². The van der Waals surface area contributed by atoms with E-state index in [4.69, 9.17) is 4.74 Å². The lowest BCUT2D eigenvalue weighted by Gasteiger charge is -2.11. The third kappa shape index (κ3) is 9.55. The quantitative estimate of drug-likeness (QED) is 0.299. The summed E-state index contributed by atoms with van der Waals surface area (Å²) in [5.74, 6) is 1.45. The monoisotopic (exact) mass is 411 g/mol. The van der Waals surface area contributed by atoms with Gasteiger partial charge in [-0.2, -0.15) is 11.3 Å². The van der Waals surface area contributed by atoms with Gasteiger partial charge in [-0.25, -0.2) is 0 Å². The molecule has 0 fully saturated rings. The van der Waals surface area contributed by atoms with Gasteiger partial charge in [0.05, 0.1) is 0 Å². The summed E-state index contributed by atoms with van der Waals surface area (Å²) < 4.78 is 5.53. The molecule has 4 nitrogen and oxygen atoms in total. The van der Waals surface area contributed by atoms with E-state index in [0.29, 0.717) is 5.92 Å². The first-order valence-corrected chi connectivity index (χ1v) is 7.70. The van der Waals surface area contributed by atoms with Crippen LogP contribution in [0.2, 0.25) is 0 Å². The van der Waals surface area contributed by atoms with Gasteiger partial charge < -0.3 is 15.4 Å².